The van der Waals surface area contributed by atoms with Gasteiger partial charge in [0.05, 0.1) is 12.2 Å². The summed E-state index contributed by atoms with van der Waals surface area (Å²) in [7, 11) is 1.97. The molecule has 1 aromatic carbocycles. The Bertz CT molecular complexity index is 664. The smallest absolute Gasteiger partial charge is 0.191 e. The van der Waals surface area contributed by atoms with Crippen molar-refractivity contribution in [2.45, 2.75) is 32.2 Å². The lowest BCUT2D eigenvalue weighted by Crippen LogP contribution is -2.38. The Morgan fingerprint density at radius 1 is 1.21 bits per heavy atom. The molecule has 0 saturated carbocycles. The van der Waals surface area contributed by atoms with Crippen molar-refractivity contribution in [3.8, 4) is 0 Å². The molecule has 2 rings (SSSR count). The minimum absolute atomic E-state index is 0.646. The Morgan fingerprint density at radius 3 is 2.58 bits per heavy atom. The van der Waals surface area contributed by atoms with E-state index in [1.54, 1.807) is 0 Å². The zero-order chi connectivity index (χ0) is 17.4. The Labute approximate surface area is 148 Å². The quantitative estimate of drug-likeness (QED) is 0.351. The first kappa shape index (κ1) is 18.4. The van der Waals surface area contributed by atoms with Crippen LogP contribution in [0.1, 0.15) is 23.9 Å². The zero-order valence-electron chi connectivity index (χ0n) is 15.0. The van der Waals surface area contributed by atoms with Crippen LogP contribution in [0.2, 0.25) is 0 Å². The van der Waals surface area contributed by atoms with Gasteiger partial charge in [0.2, 0.25) is 0 Å². The van der Waals surface area contributed by atoms with Crippen LogP contribution >= 0.6 is 11.8 Å². The third-order valence-electron chi connectivity index (χ3n) is 3.80. The molecule has 0 aliphatic heterocycles. The van der Waals surface area contributed by atoms with Crippen LogP contribution in [0.4, 0.5) is 0 Å². The van der Waals surface area contributed by atoms with E-state index in [2.05, 4.69) is 53.8 Å². The first-order chi connectivity index (χ1) is 11.6. The van der Waals surface area contributed by atoms with E-state index in [0.29, 0.717) is 6.54 Å². The van der Waals surface area contributed by atoms with Gasteiger partial charge in [-0.15, -0.1) is 11.8 Å². The Hall–Kier alpha value is -1.95. The van der Waals surface area contributed by atoms with Crippen LogP contribution in [-0.4, -0.2) is 34.6 Å². The molecule has 5 nitrogen and oxygen atoms in total. The number of rotatable bonds is 7. The molecular formula is C18H27N5S. The standard InChI is InChI=1S/C18H27N5S/c1-5-19-18(20-11-12-24-16-9-7-6-8-10-16)21-13-17-14(2)22-23(4)15(17)3/h6-10H,5,11-13H2,1-4H3,(H2,19,20,21). The van der Waals surface area contributed by atoms with Crippen LogP contribution in [0.3, 0.4) is 0 Å². The lowest BCUT2D eigenvalue weighted by atomic mass is 10.2. The average Bonchev–Trinajstić information content (AvgIpc) is 2.82. The molecule has 0 radical (unpaired) electrons. The molecule has 0 saturated heterocycles. The first-order valence-corrected chi connectivity index (χ1v) is 9.29. The van der Waals surface area contributed by atoms with Gasteiger partial charge in [0, 0.05) is 42.0 Å². The Balaban J connectivity index is 1.86. The molecule has 0 amide bonds. The number of hydrogen-bond donors (Lipinski definition) is 2. The molecule has 2 aromatic rings. The third kappa shape index (κ3) is 5.30. The summed E-state index contributed by atoms with van der Waals surface area (Å²) in [4.78, 5) is 5.99. The van der Waals surface area contributed by atoms with Gasteiger partial charge in [-0.25, -0.2) is 4.99 Å². The van der Waals surface area contributed by atoms with E-state index in [1.807, 2.05) is 36.5 Å². The average molecular weight is 346 g/mol. The maximum atomic E-state index is 4.70. The molecule has 0 spiro atoms. The van der Waals surface area contributed by atoms with Crippen molar-refractivity contribution in [1.29, 1.82) is 0 Å². The monoisotopic (exact) mass is 345 g/mol. The number of nitrogens with one attached hydrogen (secondary N) is 2. The summed E-state index contributed by atoms with van der Waals surface area (Å²) >= 11 is 1.84. The largest absolute Gasteiger partial charge is 0.357 e. The summed E-state index contributed by atoms with van der Waals surface area (Å²) in [6.45, 7) is 8.57. The number of aliphatic imine (C=N–C) groups is 1. The number of aryl methyl sites for hydroxylation is 2. The van der Waals surface area contributed by atoms with Crippen LogP contribution in [0.5, 0.6) is 0 Å². The molecule has 0 fully saturated rings. The van der Waals surface area contributed by atoms with Crippen molar-refractivity contribution in [3.05, 3.63) is 47.3 Å². The minimum Gasteiger partial charge on any atom is -0.357 e. The highest BCUT2D eigenvalue weighted by Gasteiger charge is 2.08. The second kappa shape index (κ2) is 9.37. The molecule has 6 heteroatoms. The normalized spacial score (nSPS) is 11.6. The van der Waals surface area contributed by atoms with E-state index < -0.39 is 0 Å². The number of aromatic nitrogens is 2. The van der Waals surface area contributed by atoms with E-state index in [0.717, 1.165) is 30.5 Å². The lowest BCUT2D eigenvalue weighted by Gasteiger charge is -2.11. The van der Waals surface area contributed by atoms with E-state index in [9.17, 15) is 0 Å². The molecule has 2 N–H and O–H groups in total. The highest BCUT2D eigenvalue weighted by Crippen LogP contribution is 2.16. The highest BCUT2D eigenvalue weighted by molar-refractivity contribution is 7.99. The van der Waals surface area contributed by atoms with Gasteiger partial charge < -0.3 is 10.6 Å². The number of guanidine groups is 1. The SMILES string of the molecule is CCNC(=NCc1c(C)nn(C)c1C)NCCSc1ccccc1. The van der Waals surface area contributed by atoms with Crippen molar-refractivity contribution in [1.82, 2.24) is 20.4 Å². The van der Waals surface area contributed by atoms with Crippen LogP contribution in [0, 0.1) is 13.8 Å². The van der Waals surface area contributed by atoms with Crippen LogP contribution in [0.15, 0.2) is 40.2 Å². The van der Waals surface area contributed by atoms with Crippen LogP contribution in [0.25, 0.3) is 0 Å². The highest BCUT2D eigenvalue weighted by atomic mass is 32.2. The minimum atomic E-state index is 0.646. The summed E-state index contributed by atoms with van der Waals surface area (Å²) < 4.78 is 1.91. The molecule has 0 aliphatic carbocycles. The van der Waals surface area contributed by atoms with Gasteiger partial charge in [-0.05, 0) is 32.9 Å². The molecule has 0 aliphatic rings. The molecule has 0 atom stereocenters. The second-order valence-electron chi connectivity index (χ2n) is 5.56. The fourth-order valence-corrected chi connectivity index (χ4v) is 3.19. The van der Waals surface area contributed by atoms with Crippen LogP contribution < -0.4 is 10.6 Å². The summed E-state index contributed by atoms with van der Waals surface area (Å²) in [5.41, 5.74) is 3.43. The van der Waals surface area contributed by atoms with Crippen molar-refractivity contribution in [2.24, 2.45) is 12.0 Å². The van der Waals surface area contributed by atoms with E-state index in [4.69, 9.17) is 4.99 Å². The van der Waals surface area contributed by atoms with Gasteiger partial charge in [-0.3, -0.25) is 4.68 Å². The Kier molecular flexibility index (Phi) is 7.18. The van der Waals surface area contributed by atoms with Gasteiger partial charge in [-0.1, -0.05) is 18.2 Å². The molecule has 24 heavy (non-hydrogen) atoms. The summed E-state index contributed by atoms with van der Waals surface area (Å²) in [5, 5.41) is 11.1. The molecule has 1 aromatic heterocycles. The second-order valence-corrected chi connectivity index (χ2v) is 6.72. The van der Waals surface area contributed by atoms with Crippen molar-refractivity contribution in [2.75, 3.05) is 18.8 Å². The van der Waals surface area contributed by atoms with Gasteiger partial charge in [0.25, 0.3) is 0 Å². The third-order valence-corrected chi connectivity index (χ3v) is 4.82. The molecule has 0 unspecified atom stereocenters. The fraction of sp³-hybridized carbons (Fsp3) is 0.444. The summed E-state index contributed by atoms with van der Waals surface area (Å²) in [6, 6.07) is 10.5. The van der Waals surface area contributed by atoms with E-state index in [1.165, 1.54) is 16.2 Å². The van der Waals surface area contributed by atoms with Gasteiger partial charge in [0.15, 0.2) is 5.96 Å². The maximum Gasteiger partial charge on any atom is 0.191 e. The topological polar surface area (TPSA) is 54.2 Å². The predicted octanol–water partition coefficient (Wildman–Crippen LogP) is 2.88. The van der Waals surface area contributed by atoms with Gasteiger partial charge in [-0.2, -0.15) is 5.10 Å². The van der Waals surface area contributed by atoms with Gasteiger partial charge in [0.1, 0.15) is 0 Å². The number of hydrogen-bond acceptors (Lipinski definition) is 3. The number of benzene rings is 1. The molecular weight excluding hydrogens is 318 g/mol. The van der Waals surface area contributed by atoms with E-state index >= 15 is 0 Å². The maximum absolute atomic E-state index is 4.70. The van der Waals surface area contributed by atoms with Gasteiger partial charge >= 0.3 is 0 Å². The molecule has 130 valence electrons. The van der Waals surface area contributed by atoms with Crippen molar-refractivity contribution in [3.63, 3.8) is 0 Å². The zero-order valence-corrected chi connectivity index (χ0v) is 15.8. The first-order valence-electron chi connectivity index (χ1n) is 8.31. The Morgan fingerprint density at radius 2 is 1.96 bits per heavy atom. The molecule has 1 heterocycles. The number of nitrogens with zero attached hydrogens (tertiary/aromatic N) is 3. The fourth-order valence-electron chi connectivity index (χ4n) is 2.40. The summed E-state index contributed by atoms with van der Waals surface area (Å²) in [6.07, 6.45) is 0. The lowest BCUT2D eigenvalue weighted by molar-refractivity contribution is 0.730. The number of thioether (sulfide) groups is 1. The summed E-state index contributed by atoms with van der Waals surface area (Å²) in [5.74, 6) is 1.85. The van der Waals surface area contributed by atoms with Crippen LogP contribution in [-0.2, 0) is 13.6 Å². The molecule has 0 bridgehead atoms. The predicted molar refractivity (Wildman–Crippen MR) is 103 cm³/mol. The van der Waals surface area contributed by atoms with Crippen molar-refractivity contribution >= 4 is 17.7 Å². The van der Waals surface area contributed by atoms with Crippen molar-refractivity contribution < 1.29 is 0 Å². The van der Waals surface area contributed by atoms with E-state index in [-0.39, 0.29) is 0 Å².